The Balaban J connectivity index is 2.16. The first kappa shape index (κ1) is 34.8. The zero-order chi connectivity index (χ0) is 28.6. The third-order valence-corrected chi connectivity index (χ3v) is 6.99. The number of hydrogen-bond donors (Lipinski definition) is 7. The molecule has 0 amide bonds. The minimum absolute atomic E-state index is 0.174. The lowest BCUT2D eigenvalue weighted by atomic mass is 9.85. The normalized spacial score (nSPS) is 28.5. The van der Waals surface area contributed by atoms with Crippen LogP contribution in [0, 0.1) is 0 Å². The first-order valence-corrected chi connectivity index (χ1v) is 14.7. The Morgan fingerprint density at radius 2 is 1.37 bits per heavy atom. The molecule has 1 aliphatic carbocycles. The molecule has 13 heteroatoms. The minimum Gasteiger partial charge on any atom is -0.463 e. The van der Waals surface area contributed by atoms with Crippen LogP contribution in [0.15, 0.2) is 24.3 Å². The summed E-state index contributed by atoms with van der Waals surface area (Å²) in [6.07, 6.45) is 4.62. The highest BCUT2D eigenvalue weighted by Crippen LogP contribution is 2.47. The minimum atomic E-state index is -4.99. The molecule has 0 spiro atoms. The van der Waals surface area contributed by atoms with Gasteiger partial charge in [0.15, 0.2) is 0 Å². The van der Waals surface area contributed by atoms with E-state index in [0.29, 0.717) is 6.42 Å². The van der Waals surface area contributed by atoms with E-state index in [2.05, 4.69) is 40.3 Å². The van der Waals surface area contributed by atoms with E-state index in [-0.39, 0.29) is 6.42 Å². The maximum Gasteiger partial charge on any atom is 0.472 e. The lowest BCUT2D eigenvalue weighted by Gasteiger charge is -2.41. The van der Waals surface area contributed by atoms with Gasteiger partial charge in [0, 0.05) is 6.42 Å². The van der Waals surface area contributed by atoms with E-state index < -0.39 is 69.7 Å². The average Bonchev–Trinajstić information content (AvgIpc) is 2.89. The van der Waals surface area contributed by atoms with Crippen LogP contribution in [0.4, 0.5) is 0 Å². The Bertz CT molecular complexity index is 745. The lowest BCUT2D eigenvalue weighted by Crippen LogP contribution is -2.64. The van der Waals surface area contributed by atoms with E-state index in [4.69, 9.17) is 4.74 Å². The Morgan fingerprint density at radius 3 is 2.00 bits per heavy atom. The molecule has 0 saturated heterocycles. The molecule has 0 aliphatic heterocycles. The highest BCUT2D eigenvalue weighted by molar-refractivity contribution is 7.47. The summed E-state index contributed by atoms with van der Waals surface area (Å²) in [6, 6.07) is 0. The first-order chi connectivity index (χ1) is 18.0. The van der Waals surface area contributed by atoms with Crippen LogP contribution in [-0.4, -0.2) is 97.4 Å². The number of rotatable bonds is 19. The largest absolute Gasteiger partial charge is 0.472 e. The number of carbonyl (C=O) groups is 1. The number of aliphatic hydroxyl groups excluding tert-OH is 6. The van der Waals surface area contributed by atoms with Crippen LogP contribution in [0.25, 0.3) is 0 Å². The molecule has 222 valence electrons. The second kappa shape index (κ2) is 19.0. The predicted octanol–water partition coefficient (Wildman–Crippen LogP) is 1.24. The molecule has 0 bridgehead atoms. The summed E-state index contributed by atoms with van der Waals surface area (Å²) in [5.41, 5.74) is 0. The molecule has 0 heterocycles. The summed E-state index contributed by atoms with van der Waals surface area (Å²) in [6.45, 7) is 0.882. The molecule has 6 atom stereocenters. The molecular formula is C25H45O12P. The number of phosphoric ester groups is 1. The van der Waals surface area contributed by atoms with Crippen molar-refractivity contribution >= 4 is 13.8 Å². The molecule has 0 radical (unpaired) electrons. The molecule has 12 nitrogen and oxygen atoms in total. The van der Waals surface area contributed by atoms with Crippen LogP contribution in [0.2, 0.25) is 0 Å². The third kappa shape index (κ3) is 13.7. The lowest BCUT2D eigenvalue weighted by molar-refractivity contribution is -0.220. The van der Waals surface area contributed by atoms with Crippen LogP contribution in [-0.2, 0) is 23.1 Å². The van der Waals surface area contributed by atoms with Gasteiger partial charge in [-0.25, -0.2) is 4.57 Å². The van der Waals surface area contributed by atoms with E-state index in [9.17, 15) is 44.9 Å². The van der Waals surface area contributed by atoms with Crippen LogP contribution < -0.4 is 0 Å². The Morgan fingerprint density at radius 1 is 0.816 bits per heavy atom. The summed E-state index contributed by atoms with van der Waals surface area (Å²) in [5.74, 6) is -0.526. The van der Waals surface area contributed by atoms with E-state index >= 15 is 0 Å². The van der Waals surface area contributed by atoms with Gasteiger partial charge in [-0.05, 0) is 32.1 Å². The standard InChI is InChI=1S/C25H45O12P/c1-2-3-4-5-6-7-8-9-10-11-12-13-14-15-19(27)35-16-18(26)17-36-38(33,34)37-25-23(31)21(29)20(28)22(30)24(25)32/h4-5,7-8,18,20-26,28-32H,2-3,6,9-17H2,1H3,(H,33,34)/b5-4-,8-7-. The number of hydrogen-bond acceptors (Lipinski definition) is 11. The van der Waals surface area contributed by atoms with Crippen molar-refractivity contribution < 1.29 is 58.7 Å². The van der Waals surface area contributed by atoms with E-state index in [1.165, 1.54) is 0 Å². The molecule has 1 fully saturated rings. The molecule has 0 aromatic rings. The third-order valence-electron chi connectivity index (χ3n) is 6.01. The molecule has 38 heavy (non-hydrogen) atoms. The Kier molecular flexibility index (Phi) is 17.4. The van der Waals surface area contributed by atoms with Crippen molar-refractivity contribution in [3.05, 3.63) is 24.3 Å². The highest BCUT2D eigenvalue weighted by atomic mass is 31.2. The summed E-state index contributed by atoms with van der Waals surface area (Å²) in [7, 11) is -4.99. The van der Waals surface area contributed by atoms with Crippen molar-refractivity contribution in [2.24, 2.45) is 0 Å². The molecule has 6 unspecified atom stereocenters. The maximum absolute atomic E-state index is 12.1. The number of esters is 1. The summed E-state index contributed by atoms with van der Waals surface area (Å²) in [5, 5.41) is 58.4. The smallest absolute Gasteiger partial charge is 0.463 e. The van der Waals surface area contributed by atoms with Crippen molar-refractivity contribution in [2.75, 3.05) is 13.2 Å². The monoisotopic (exact) mass is 568 g/mol. The van der Waals surface area contributed by atoms with Gasteiger partial charge in [0.25, 0.3) is 0 Å². The van der Waals surface area contributed by atoms with Crippen LogP contribution in [0.1, 0.15) is 71.1 Å². The fourth-order valence-electron chi connectivity index (χ4n) is 3.73. The molecular weight excluding hydrogens is 523 g/mol. The van der Waals surface area contributed by atoms with Crippen molar-refractivity contribution in [2.45, 2.75) is 114 Å². The van der Waals surface area contributed by atoms with Gasteiger partial charge < -0.3 is 40.3 Å². The Labute approximate surface area is 224 Å². The first-order valence-electron chi connectivity index (χ1n) is 13.2. The second-order valence-corrected chi connectivity index (χ2v) is 10.8. The predicted molar refractivity (Wildman–Crippen MR) is 138 cm³/mol. The summed E-state index contributed by atoms with van der Waals surface area (Å²) >= 11 is 0. The van der Waals surface area contributed by atoms with Crippen molar-refractivity contribution in [3.8, 4) is 0 Å². The SMILES string of the molecule is CCC/C=C\C/C=C\CCCCCCCC(=O)OCC(O)COP(=O)(O)OC1C(O)C(O)C(O)C(O)C1O. The fraction of sp³-hybridized carbons (Fsp3) is 0.800. The zero-order valence-electron chi connectivity index (χ0n) is 22.0. The van der Waals surface area contributed by atoms with Gasteiger partial charge in [-0.1, -0.05) is 56.9 Å². The van der Waals surface area contributed by atoms with E-state index in [1.54, 1.807) is 0 Å². The van der Waals surface area contributed by atoms with Gasteiger partial charge >= 0.3 is 13.8 Å². The summed E-state index contributed by atoms with van der Waals surface area (Å²) in [4.78, 5) is 21.6. The number of ether oxygens (including phenoxy) is 1. The van der Waals surface area contributed by atoms with Crippen molar-refractivity contribution in [3.63, 3.8) is 0 Å². The van der Waals surface area contributed by atoms with E-state index in [0.717, 1.165) is 51.4 Å². The van der Waals surface area contributed by atoms with Crippen molar-refractivity contribution in [1.82, 2.24) is 0 Å². The zero-order valence-corrected chi connectivity index (χ0v) is 22.8. The number of aliphatic hydroxyl groups is 6. The molecule has 1 saturated carbocycles. The number of unbranched alkanes of at least 4 members (excludes halogenated alkanes) is 6. The van der Waals surface area contributed by atoms with Gasteiger partial charge in [0.1, 0.15) is 49.3 Å². The maximum atomic E-state index is 12.1. The number of allylic oxidation sites excluding steroid dienone is 4. The molecule has 0 aromatic heterocycles. The van der Waals surface area contributed by atoms with Gasteiger partial charge in [0.05, 0.1) is 6.61 Å². The molecule has 1 rings (SSSR count). The molecule has 1 aliphatic rings. The summed E-state index contributed by atoms with van der Waals surface area (Å²) < 4.78 is 26.3. The fourth-order valence-corrected chi connectivity index (χ4v) is 4.71. The second-order valence-electron chi connectivity index (χ2n) is 9.40. The van der Waals surface area contributed by atoms with E-state index in [1.807, 2.05) is 0 Å². The average molecular weight is 569 g/mol. The van der Waals surface area contributed by atoms with Gasteiger partial charge in [0.2, 0.25) is 0 Å². The van der Waals surface area contributed by atoms with Crippen LogP contribution >= 0.6 is 7.82 Å². The quantitative estimate of drug-likeness (QED) is 0.0509. The topological polar surface area (TPSA) is 203 Å². The highest BCUT2D eigenvalue weighted by Gasteiger charge is 2.51. The van der Waals surface area contributed by atoms with Gasteiger partial charge in [-0.2, -0.15) is 0 Å². The van der Waals surface area contributed by atoms with Crippen LogP contribution in [0.5, 0.6) is 0 Å². The Hall–Kier alpha value is -1.18. The van der Waals surface area contributed by atoms with Gasteiger partial charge in [-0.3, -0.25) is 13.8 Å². The van der Waals surface area contributed by atoms with Crippen molar-refractivity contribution in [1.29, 1.82) is 0 Å². The number of phosphoric acid groups is 1. The molecule has 0 aromatic carbocycles. The molecule has 7 N–H and O–H groups in total. The van der Waals surface area contributed by atoms with Crippen LogP contribution in [0.3, 0.4) is 0 Å². The number of carbonyl (C=O) groups excluding carboxylic acids is 1. The van der Waals surface area contributed by atoms with Gasteiger partial charge in [-0.15, -0.1) is 0 Å².